The molecule has 0 saturated heterocycles. The molecule has 0 aromatic carbocycles. The summed E-state index contributed by atoms with van der Waals surface area (Å²) >= 11 is 2.26. The van der Waals surface area contributed by atoms with Gasteiger partial charge < -0.3 is 4.74 Å². The van der Waals surface area contributed by atoms with Gasteiger partial charge >= 0.3 is 0 Å². The molecule has 0 unspecified atom stereocenters. The van der Waals surface area contributed by atoms with Gasteiger partial charge in [-0.2, -0.15) is 0 Å². The van der Waals surface area contributed by atoms with Crippen molar-refractivity contribution in [2.45, 2.75) is 6.92 Å². The molecular formula is C8H9IN2O. The fourth-order valence-electron chi connectivity index (χ4n) is 1.16. The minimum Gasteiger partial charge on any atom is -0.488 e. The van der Waals surface area contributed by atoms with Gasteiger partial charge in [0, 0.05) is 5.69 Å². The SMILES string of the molecule is Cc1ccc2c(n1)N(I)CCO2. The van der Waals surface area contributed by atoms with Gasteiger partial charge in [0.1, 0.15) is 6.61 Å². The van der Waals surface area contributed by atoms with E-state index in [9.17, 15) is 0 Å². The van der Waals surface area contributed by atoms with Crippen LogP contribution in [-0.4, -0.2) is 18.1 Å². The fraction of sp³-hybridized carbons (Fsp3) is 0.375. The molecule has 1 aliphatic rings. The molecule has 0 aliphatic carbocycles. The summed E-state index contributed by atoms with van der Waals surface area (Å²) in [6.07, 6.45) is 0. The number of rotatable bonds is 0. The van der Waals surface area contributed by atoms with Crippen LogP contribution in [0.25, 0.3) is 0 Å². The van der Waals surface area contributed by atoms with Crippen LogP contribution in [0, 0.1) is 6.92 Å². The van der Waals surface area contributed by atoms with Crippen LogP contribution in [0.15, 0.2) is 12.1 Å². The van der Waals surface area contributed by atoms with E-state index in [1.165, 1.54) is 0 Å². The Hall–Kier alpha value is -0.520. The van der Waals surface area contributed by atoms with Crippen LogP contribution in [0.1, 0.15) is 5.69 Å². The van der Waals surface area contributed by atoms with Crippen LogP contribution >= 0.6 is 22.9 Å². The molecule has 0 radical (unpaired) electrons. The third-order valence-corrected chi connectivity index (χ3v) is 2.69. The number of ether oxygens (including phenoxy) is 1. The van der Waals surface area contributed by atoms with E-state index in [0.29, 0.717) is 0 Å². The Labute approximate surface area is 85.2 Å². The van der Waals surface area contributed by atoms with E-state index in [1.54, 1.807) is 0 Å². The van der Waals surface area contributed by atoms with Gasteiger partial charge in [0.15, 0.2) is 11.6 Å². The van der Waals surface area contributed by atoms with Crippen LogP contribution in [0.4, 0.5) is 5.82 Å². The normalized spacial score (nSPS) is 15.3. The lowest BCUT2D eigenvalue weighted by atomic mass is 10.3. The summed E-state index contributed by atoms with van der Waals surface area (Å²) in [5.74, 6) is 1.84. The summed E-state index contributed by atoms with van der Waals surface area (Å²) in [5.41, 5.74) is 1.03. The van der Waals surface area contributed by atoms with Gasteiger partial charge in [-0.05, 0) is 19.1 Å². The monoisotopic (exact) mass is 276 g/mol. The number of nitrogens with zero attached hydrogens (tertiary/aromatic N) is 2. The van der Waals surface area contributed by atoms with Crippen LogP contribution in [0.2, 0.25) is 0 Å². The van der Waals surface area contributed by atoms with Crippen molar-refractivity contribution < 1.29 is 4.74 Å². The molecule has 2 rings (SSSR count). The van der Waals surface area contributed by atoms with E-state index >= 15 is 0 Å². The molecule has 0 amide bonds. The quantitative estimate of drug-likeness (QED) is 0.535. The first-order valence-corrected chi connectivity index (χ1v) is 4.77. The molecule has 0 saturated carbocycles. The summed E-state index contributed by atoms with van der Waals surface area (Å²) in [5, 5.41) is 0. The number of aryl methyl sites for hydroxylation is 1. The van der Waals surface area contributed by atoms with Gasteiger partial charge in [-0.1, -0.05) is 0 Å². The van der Waals surface area contributed by atoms with E-state index in [4.69, 9.17) is 4.74 Å². The van der Waals surface area contributed by atoms with E-state index in [2.05, 4.69) is 31.0 Å². The molecular weight excluding hydrogens is 267 g/mol. The Bertz CT molecular complexity index is 303. The van der Waals surface area contributed by atoms with Crippen LogP contribution in [0.3, 0.4) is 0 Å². The molecule has 1 aromatic rings. The molecule has 0 spiro atoms. The maximum absolute atomic E-state index is 5.44. The first-order chi connectivity index (χ1) is 5.77. The maximum atomic E-state index is 5.44. The maximum Gasteiger partial charge on any atom is 0.180 e. The van der Waals surface area contributed by atoms with Crippen molar-refractivity contribution in [1.29, 1.82) is 0 Å². The second-order valence-corrected chi connectivity index (χ2v) is 3.87. The van der Waals surface area contributed by atoms with E-state index < -0.39 is 0 Å². The number of halogens is 1. The summed E-state index contributed by atoms with van der Waals surface area (Å²) in [6.45, 7) is 3.64. The highest BCUT2D eigenvalue weighted by Crippen LogP contribution is 2.31. The summed E-state index contributed by atoms with van der Waals surface area (Å²) < 4.78 is 7.53. The van der Waals surface area contributed by atoms with Gasteiger partial charge in [-0.3, -0.25) is 3.11 Å². The van der Waals surface area contributed by atoms with Gasteiger partial charge in [-0.15, -0.1) is 0 Å². The first-order valence-electron chi connectivity index (χ1n) is 3.81. The number of hydrogen-bond donors (Lipinski definition) is 0. The van der Waals surface area contributed by atoms with Gasteiger partial charge in [0.2, 0.25) is 0 Å². The summed E-state index contributed by atoms with van der Waals surface area (Å²) in [7, 11) is 0. The Morgan fingerprint density at radius 1 is 1.58 bits per heavy atom. The molecule has 0 fully saturated rings. The number of pyridine rings is 1. The molecule has 64 valence electrons. The minimum absolute atomic E-state index is 0.751. The average Bonchev–Trinajstić information content (AvgIpc) is 2.07. The standard InChI is InChI=1S/C8H9IN2O/c1-6-2-3-7-8(10-6)11(9)4-5-12-7/h2-3H,4-5H2,1H3. The Morgan fingerprint density at radius 2 is 2.42 bits per heavy atom. The zero-order valence-electron chi connectivity index (χ0n) is 6.75. The molecule has 0 N–H and O–H groups in total. The largest absolute Gasteiger partial charge is 0.488 e. The van der Waals surface area contributed by atoms with Crippen molar-refractivity contribution in [3.8, 4) is 5.75 Å². The zero-order valence-corrected chi connectivity index (χ0v) is 8.91. The van der Waals surface area contributed by atoms with Crippen molar-refractivity contribution in [3.05, 3.63) is 17.8 Å². The Morgan fingerprint density at radius 3 is 3.25 bits per heavy atom. The Balaban J connectivity index is 2.47. The summed E-state index contributed by atoms with van der Waals surface area (Å²) in [6, 6.07) is 3.94. The van der Waals surface area contributed by atoms with Gasteiger partial charge in [0.25, 0.3) is 0 Å². The van der Waals surface area contributed by atoms with E-state index in [-0.39, 0.29) is 0 Å². The molecule has 0 atom stereocenters. The lowest BCUT2D eigenvalue weighted by Gasteiger charge is -2.24. The number of anilines is 1. The smallest absolute Gasteiger partial charge is 0.180 e. The molecule has 1 aromatic heterocycles. The minimum atomic E-state index is 0.751. The lowest BCUT2D eigenvalue weighted by molar-refractivity contribution is 0.317. The second kappa shape index (κ2) is 3.08. The highest BCUT2D eigenvalue weighted by Gasteiger charge is 2.16. The van der Waals surface area contributed by atoms with Crippen molar-refractivity contribution in [2.75, 3.05) is 16.3 Å². The molecule has 0 bridgehead atoms. The first kappa shape index (κ1) is 8.10. The third-order valence-electron chi connectivity index (χ3n) is 1.75. The van der Waals surface area contributed by atoms with Crippen LogP contribution in [-0.2, 0) is 0 Å². The Kier molecular flexibility index (Phi) is 2.08. The number of fused-ring (bicyclic) bond motifs is 1. The number of hydrogen-bond acceptors (Lipinski definition) is 3. The van der Waals surface area contributed by atoms with Gasteiger partial charge in [0.05, 0.1) is 29.4 Å². The average molecular weight is 276 g/mol. The second-order valence-electron chi connectivity index (χ2n) is 2.71. The lowest BCUT2D eigenvalue weighted by Crippen LogP contribution is -2.24. The van der Waals surface area contributed by atoms with Crippen molar-refractivity contribution in [2.24, 2.45) is 0 Å². The van der Waals surface area contributed by atoms with E-state index in [0.717, 1.165) is 30.4 Å². The topological polar surface area (TPSA) is 25.4 Å². The predicted octanol–water partition coefficient (Wildman–Crippen LogP) is 1.94. The highest BCUT2D eigenvalue weighted by atomic mass is 127. The molecule has 1 aliphatic heterocycles. The van der Waals surface area contributed by atoms with E-state index in [1.807, 2.05) is 19.1 Å². The van der Waals surface area contributed by atoms with Crippen molar-refractivity contribution in [1.82, 2.24) is 4.98 Å². The van der Waals surface area contributed by atoms with Gasteiger partial charge in [-0.25, -0.2) is 4.98 Å². The summed E-state index contributed by atoms with van der Waals surface area (Å²) in [4.78, 5) is 4.39. The molecule has 12 heavy (non-hydrogen) atoms. The molecule has 3 nitrogen and oxygen atoms in total. The molecule has 2 heterocycles. The predicted molar refractivity (Wildman–Crippen MR) is 55.8 cm³/mol. The highest BCUT2D eigenvalue weighted by molar-refractivity contribution is 14.1. The van der Waals surface area contributed by atoms with Crippen molar-refractivity contribution >= 4 is 28.7 Å². The zero-order chi connectivity index (χ0) is 8.55. The third kappa shape index (κ3) is 1.35. The fourth-order valence-corrected chi connectivity index (χ4v) is 1.70. The van der Waals surface area contributed by atoms with Crippen LogP contribution in [0.5, 0.6) is 5.75 Å². The molecule has 4 heteroatoms. The number of aromatic nitrogens is 1. The van der Waals surface area contributed by atoms with Crippen molar-refractivity contribution in [3.63, 3.8) is 0 Å². The van der Waals surface area contributed by atoms with Crippen LogP contribution < -0.4 is 7.85 Å².